The maximum atomic E-state index is 13.8. The zero-order chi connectivity index (χ0) is 32.7. The molecule has 0 radical (unpaired) electrons. The van der Waals surface area contributed by atoms with Crippen LogP contribution in [0.1, 0.15) is 65.7 Å². The van der Waals surface area contributed by atoms with Gasteiger partial charge < -0.3 is 15.5 Å². The minimum Gasteiger partial charge on any atom is -0.352 e. The number of rotatable bonds is 11. The standard InChI is InChI=1S/C34H38Cl2N4O5S/c35-26-12-17-30(31(36)22-26)34(43)40(28-6-2-1-3-7-28)46(44,45)29-15-10-25(11-16-29)33(42)37-23-32(41)38-27-13-8-24(9-14-27)18-21-39-19-4-5-20-39/h1-3,6-7,10-12,15-17,22,24,27H,4-5,8-9,13-14,18-21,23H2,(H,37,42)(H,38,41). The molecule has 0 atom stereocenters. The first-order chi connectivity index (χ1) is 22.1. The Bertz CT molecular complexity index is 1640. The molecule has 1 aliphatic heterocycles. The van der Waals surface area contributed by atoms with Crippen molar-refractivity contribution in [2.75, 3.05) is 30.5 Å². The molecule has 1 saturated carbocycles. The van der Waals surface area contributed by atoms with Crippen molar-refractivity contribution in [1.82, 2.24) is 15.5 Å². The molecule has 5 rings (SSSR count). The molecule has 2 fully saturated rings. The van der Waals surface area contributed by atoms with Crippen LogP contribution in [0.4, 0.5) is 5.69 Å². The monoisotopic (exact) mass is 684 g/mol. The summed E-state index contributed by atoms with van der Waals surface area (Å²) in [4.78, 5) is 41.3. The fraction of sp³-hybridized carbons (Fsp3) is 0.382. The number of likely N-dealkylation sites (tertiary alicyclic amines) is 1. The molecular weight excluding hydrogens is 647 g/mol. The highest BCUT2D eigenvalue weighted by Gasteiger charge is 2.33. The predicted octanol–water partition coefficient (Wildman–Crippen LogP) is 5.92. The molecule has 3 amide bonds. The molecule has 0 spiro atoms. The highest BCUT2D eigenvalue weighted by Crippen LogP contribution is 2.30. The van der Waals surface area contributed by atoms with E-state index in [1.807, 2.05) is 0 Å². The molecule has 46 heavy (non-hydrogen) atoms. The molecule has 1 saturated heterocycles. The van der Waals surface area contributed by atoms with Crippen molar-refractivity contribution in [3.05, 3.63) is 94.0 Å². The summed E-state index contributed by atoms with van der Waals surface area (Å²) in [5, 5.41) is 5.95. The number of anilines is 1. The number of sulfonamides is 1. The van der Waals surface area contributed by atoms with Crippen molar-refractivity contribution in [2.24, 2.45) is 5.92 Å². The second-order valence-electron chi connectivity index (χ2n) is 11.9. The number of carbonyl (C=O) groups excluding carboxylic acids is 3. The molecule has 1 aliphatic carbocycles. The molecule has 0 unspecified atom stereocenters. The highest BCUT2D eigenvalue weighted by molar-refractivity contribution is 7.93. The first-order valence-electron chi connectivity index (χ1n) is 15.6. The van der Waals surface area contributed by atoms with Gasteiger partial charge in [0.05, 0.1) is 27.7 Å². The number of benzene rings is 3. The summed E-state index contributed by atoms with van der Waals surface area (Å²) in [6.07, 6.45) is 7.90. The van der Waals surface area contributed by atoms with E-state index in [0.29, 0.717) is 15.2 Å². The summed E-state index contributed by atoms with van der Waals surface area (Å²) in [5.41, 5.74) is 0.240. The van der Waals surface area contributed by atoms with Gasteiger partial charge in [0, 0.05) is 16.6 Å². The zero-order valence-corrected chi connectivity index (χ0v) is 27.8. The molecule has 3 aromatic rings. The third kappa shape index (κ3) is 8.47. The van der Waals surface area contributed by atoms with E-state index in [9.17, 15) is 22.8 Å². The number of hydrogen-bond acceptors (Lipinski definition) is 6. The number of carbonyl (C=O) groups is 3. The van der Waals surface area contributed by atoms with Gasteiger partial charge in [-0.15, -0.1) is 0 Å². The SMILES string of the molecule is O=C(CNC(=O)c1ccc(S(=O)(=O)N(C(=O)c2ccc(Cl)cc2Cl)c2ccccc2)cc1)NC1CCC(CCN2CCCC2)CC1. The molecule has 9 nitrogen and oxygen atoms in total. The topological polar surface area (TPSA) is 116 Å². The summed E-state index contributed by atoms with van der Waals surface area (Å²) >= 11 is 12.2. The van der Waals surface area contributed by atoms with E-state index < -0.39 is 21.8 Å². The third-order valence-corrected chi connectivity index (χ3v) is 10.9. The highest BCUT2D eigenvalue weighted by atomic mass is 35.5. The molecule has 12 heteroatoms. The molecule has 3 aromatic carbocycles. The lowest BCUT2D eigenvalue weighted by molar-refractivity contribution is -0.121. The maximum absolute atomic E-state index is 13.8. The fourth-order valence-corrected chi connectivity index (χ4v) is 7.99. The van der Waals surface area contributed by atoms with Crippen molar-refractivity contribution < 1.29 is 22.8 Å². The Hall–Kier alpha value is -3.44. The average molecular weight is 686 g/mol. The van der Waals surface area contributed by atoms with Crippen molar-refractivity contribution >= 4 is 56.6 Å². The van der Waals surface area contributed by atoms with Crippen LogP contribution in [0.5, 0.6) is 0 Å². The van der Waals surface area contributed by atoms with Crippen LogP contribution in [0.25, 0.3) is 0 Å². The Morgan fingerprint density at radius 3 is 2.20 bits per heavy atom. The minimum atomic E-state index is -4.43. The molecule has 2 N–H and O–H groups in total. The lowest BCUT2D eigenvalue weighted by atomic mass is 9.84. The van der Waals surface area contributed by atoms with Gasteiger partial charge in [-0.05, 0) is 125 Å². The van der Waals surface area contributed by atoms with Gasteiger partial charge in [-0.1, -0.05) is 41.4 Å². The van der Waals surface area contributed by atoms with E-state index in [0.717, 1.165) is 25.7 Å². The van der Waals surface area contributed by atoms with Gasteiger partial charge in [0.2, 0.25) is 5.91 Å². The molecule has 0 bridgehead atoms. The molecular formula is C34H38Cl2N4O5S. The molecule has 1 heterocycles. The van der Waals surface area contributed by atoms with Crippen LogP contribution in [-0.4, -0.2) is 63.3 Å². The van der Waals surface area contributed by atoms with Gasteiger partial charge >= 0.3 is 0 Å². The van der Waals surface area contributed by atoms with Crippen molar-refractivity contribution in [3.8, 4) is 0 Å². The summed E-state index contributed by atoms with van der Waals surface area (Å²) < 4.78 is 28.3. The fourth-order valence-electron chi connectivity index (χ4n) is 6.09. The van der Waals surface area contributed by atoms with Gasteiger partial charge in [0.1, 0.15) is 0 Å². The Morgan fingerprint density at radius 2 is 1.54 bits per heavy atom. The van der Waals surface area contributed by atoms with Gasteiger partial charge in [-0.2, -0.15) is 4.31 Å². The summed E-state index contributed by atoms with van der Waals surface area (Å²) in [6.45, 7) is 3.42. The van der Waals surface area contributed by atoms with E-state index in [4.69, 9.17) is 23.2 Å². The van der Waals surface area contributed by atoms with Crippen LogP contribution in [0.15, 0.2) is 77.7 Å². The summed E-state index contributed by atoms with van der Waals surface area (Å²) in [6, 6.07) is 17.4. The summed E-state index contributed by atoms with van der Waals surface area (Å²) in [5.74, 6) is -0.941. The first kappa shape index (κ1) is 33.9. The number of halogens is 2. The number of nitrogens with zero attached hydrogens (tertiary/aromatic N) is 2. The molecule has 0 aromatic heterocycles. The Kier molecular flexibility index (Phi) is 11.4. The maximum Gasteiger partial charge on any atom is 0.273 e. The predicted molar refractivity (Wildman–Crippen MR) is 180 cm³/mol. The zero-order valence-electron chi connectivity index (χ0n) is 25.5. The Morgan fingerprint density at radius 1 is 0.870 bits per heavy atom. The van der Waals surface area contributed by atoms with Crippen LogP contribution < -0.4 is 14.9 Å². The number of para-hydroxylation sites is 1. The van der Waals surface area contributed by atoms with E-state index in [1.54, 1.807) is 18.2 Å². The van der Waals surface area contributed by atoms with Crippen molar-refractivity contribution in [3.63, 3.8) is 0 Å². The normalized spacial score (nSPS) is 18.6. The quantitative estimate of drug-likeness (QED) is 0.259. The smallest absolute Gasteiger partial charge is 0.273 e. The van der Waals surface area contributed by atoms with Crippen molar-refractivity contribution in [2.45, 2.75) is 55.9 Å². The third-order valence-electron chi connectivity index (χ3n) is 8.67. The second kappa shape index (κ2) is 15.4. The minimum absolute atomic E-state index is 0.00489. The van der Waals surface area contributed by atoms with Crippen LogP contribution in [0.2, 0.25) is 10.0 Å². The Labute approximate surface area is 280 Å². The van der Waals surface area contributed by atoms with E-state index in [2.05, 4.69) is 15.5 Å². The van der Waals surface area contributed by atoms with Crippen LogP contribution >= 0.6 is 23.2 Å². The van der Waals surface area contributed by atoms with Gasteiger partial charge in [-0.25, -0.2) is 8.42 Å². The largest absolute Gasteiger partial charge is 0.352 e. The first-order valence-corrected chi connectivity index (χ1v) is 17.8. The number of hydrogen-bond donors (Lipinski definition) is 2. The van der Waals surface area contributed by atoms with Gasteiger partial charge in [0.15, 0.2) is 0 Å². The number of nitrogens with one attached hydrogen (secondary N) is 2. The van der Waals surface area contributed by atoms with E-state index in [1.165, 1.54) is 93.5 Å². The Balaban J connectivity index is 1.17. The average Bonchev–Trinajstić information content (AvgIpc) is 3.58. The second-order valence-corrected chi connectivity index (χ2v) is 14.5. The molecule has 244 valence electrons. The number of amides is 3. The van der Waals surface area contributed by atoms with Crippen molar-refractivity contribution in [1.29, 1.82) is 0 Å². The summed E-state index contributed by atoms with van der Waals surface area (Å²) in [7, 11) is -4.43. The lowest BCUT2D eigenvalue weighted by Crippen LogP contribution is -2.43. The van der Waals surface area contributed by atoms with Crippen LogP contribution in [0.3, 0.4) is 0 Å². The lowest BCUT2D eigenvalue weighted by Gasteiger charge is -2.30. The van der Waals surface area contributed by atoms with Gasteiger partial charge in [-0.3, -0.25) is 14.4 Å². The van der Waals surface area contributed by atoms with E-state index in [-0.39, 0.29) is 45.2 Å². The van der Waals surface area contributed by atoms with E-state index >= 15 is 0 Å². The van der Waals surface area contributed by atoms with Gasteiger partial charge in [0.25, 0.3) is 21.8 Å². The van der Waals surface area contributed by atoms with Crippen LogP contribution in [-0.2, 0) is 14.8 Å². The van der Waals surface area contributed by atoms with Crippen LogP contribution in [0, 0.1) is 5.92 Å². The molecule has 2 aliphatic rings.